The van der Waals surface area contributed by atoms with E-state index in [0.29, 0.717) is 6.42 Å². The Bertz CT molecular complexity index is 705. The van der Waals surface area contributed by atoms with Crippen molar-refractivity contribution in [3.8, 4) is 0 Å². The molecular weight excluding hydrogens is 260 g/mol. The van der Waals surface area contributed by atoms with E-state index >= 15 is 0 Å². The first-order valence-electron chi connectivity index (χ1n) is 6.08. The Kier molecular flexibility index (Phi) is 4.09. The van der Waals surface area contributed by atoms with Gasteiger partial charge in [-0.3, -0.25) is 19.6 Å². The number of pyridine rings is 1. The number of nitrogens with one attached hydrogen (secondary N) is 3. The van der Waals surface area contributed by atoms with Gasteiger partial charge in [0.05, 0.1) is 0 Å². The van der Waals surface area contributed by atoms with E-state index in [9.17, 15) is 14.4 Å². The summed E-state index contributed by atoms with van der Waals surface area (Å²) in [4.78, 5) is 42.5. The second-order valence-electron chi connectivity index (χ2n) is 4.42. The summed E-state index contributed by atoms with van der Waals surface area (Å²) in [6, 6.07) is 3.56. The van der Waals surface area contributed by atoms with Crippen molar-refractivity contribution in [2.75, 3.05) is 0 Å². The minimum atomic E-state index is -0.706. The molecule has 0 aliphatic heterocycles. The first-order valence-corrected chi connectivity index (χ1v) is 6.08. The molecule has 0 saturated heterocycles. The van der Waals surface area contributed by atoms with Gasteiger partial charge in [0.25, 0.3) is 11.5 Å². The summed E-state index contributed by atoms with van der Waals surface area (Å²) in [6.45, 7) is 1.83. The molecule has 0 aromatic carbocycles. The summed E-state index contributed by atoms with van der Waals surface area (Å²) >= 11 is 0. The van der Waals surface area contributed by atoms with Crippen molar-refractivity contribution in [2.45, 2.75) is 19.4 Å². The van der Waals surface area contributed by atoms with Crippen molar-refractivity contribution < 1.29 is 4.79 Å². The van der Waals surface area contributed by atoms with Crippen LogP contribution in [0, 0.1) is 0 Å². The quantitative estimate of drug-likeness (QED) is 0.718. The standard InChI is InChI=1S/C13H14N4O3/c1-8(6-9-2-4-14-5-3-9)16-11(18)10-7-15-13(20)17-12(10)19/h2-5,7-8H,6H2,1H3,(H,16,18)(H2,15,17,19,20). The van der Waals surface area contributed by atoms with E-state index in [1.165, 1.54) is 0 Å². The highest BCUT2D eigenvalue weighted by Gasteiger charge is 2.13. The molecule has 20 heavy (non-hydrogen) atoms. The Balaban J connectivity index is 2.04. The Morgan fingerprint density at radius 2 is 2.05 bits per heavy atom. The van der Waals surface area contributed by atoms with Gasteiger partial charge in [-0.15, -0.1) is 0 Å². The van der Waals surface area contributed by atoms with E-state index in [1.807, 2.05) is 24.0 Å². The molecule has 2 aromatic rings. The number of hydrogen-bond acceptors (Lipinski definition) is 4. The third-order valence-corrected chi connectivity index (χ3v) is 2.73. The molecule has 1 atom stereocenters. The van der Waals surface area contributed by atoms with Crippen LogP contribution < -0.4 is 16.6 Å². The van der Waals surface area contributed by atoms with E-state index < -0.39 is 17.2 Å². The van der Waals surface area contributed by atoms with Gasteiger partial charge in [0.15, 0.2) is 0 Å². The molecular formula is C13H14N4O3. The second-order valence-corrected chi connectivity index (χ2v) is 4.42. The fourth-order valence-corrected chi connectivity index (χ4v) is 1.80. The highest BCUT2D eigenvalue weighted by atomic mass is 16.2. The van der Waals surface area contributed by atoms with Crippen LogP contribution >= 0.6 is 0 Å². The number of amides is 1. The van der Waals surface area contributed by atoms with Crippen molar-refractivity contribution in [3.05, 3.63) is 62.7 Å². The number of carbonyl (C=O) groups is 1. The lowest BCUT2D eigenvalue weighted by Crippen LogP contribution is -2.38. The first-order chi connectivity index (χ1) is 9.56. The monoisotopic (exact) mass is 274 g/mol. The normalized spacial score (nSPS) is 11.8. The third-order valence-electron chi connectivity index (χ3n) is 2.73. The SMILES string of the molecule is CC(Cc1ccncc1)NC(=O)c1c[nH]c(=O)[nH]c1=O. The number of H-pyrrole nitrogens is 2. The molecule has 0 saturated carbocycles. The van der Waals surface area contributed by atoms with Gasteiger partial charge in [0.2, 0.25) is 0 Å². The van der Waals surface area contributed by atoms with E-state index in [4.69, 9.17) is 0 Å². The summed E-state index contributed by atoms with van der Waals surface area (Å²) in [7, 11) is 0. The molecule has 7 nitrogen and oxygen atoms in total. The van der Waals surface area contributed by atoms with Gasteiger partial charge in [0, 0.05) is 24.6 Å². The van der Waals surface area contributed by atoms with Crippen LogP contribution in [0.15, 0.2) is 40.3 Å². The zero-order valence-corrected chi connectivity index (χ0v) is 10.8. The average molecular weight is 274 g/mol. The maximum Gasteiger partial charge on any atom is 0.325 e. The molecule has 2 rings (SSSR count). The van der Waals surface area contributed by atoms with Crippen molar-refractivity contribution in [2.24, 2.45) is 0 Å². The van der Waals surface area contributed by atoms with Crippen LogP contribution in [0.2, 0.25) is 0 Å². The van der Waals surface area contributed by atoms with Gasteiger partial charge in [-0.05, 0) is 31.0 Å². The van der Waals surface area contributed by atoms with Crippen molar-refractivity contribution in [3.63, 3.8) is 0 Å². The predicted octanol–water partition coefficient (Wildman–Crippen LogP) is -0.181. The lowest BCUT2D eigenvalue weighted by atomic mass is 10.1. The average Bonchev–Trinajstić information content (AvgIpc) is 2.39. The highest BCUT2D eigenvalue weighted by molar-refractivity contribution is 5.93. The molecule has 7 heteroatoms. The molecule has 0 aliphatic carbocycles. The van der Waals surface area contributed by atoms with Crippen molar-refractivity contribution in [1.82, 2.24) is 20.3 Å². The lowest BCUT2D eigenvalue weighted by Gasteiger charge is -2.13. The van der Waals surface area contributed by atoms with Crippen LogP contribution in [0.3, 0.4) is 0 Å². The Morgan fingerprint density at radius 3 is 2.70 bits per heavy atom. The maximum atomic E-state index is 11.9. The van der Waals surface area contributed by atoms with Crippen molar-refractivity contribution in [1.29, 1.82) is 0 Å². The minimum absolute atomic E-state index is 0.119. The zero-order valence-electron chi connectivity index (χ0n) is 10.8. The molecule has 1 unspecified atom stereocenters. The number of aromatic nitrogens is 3. The zero-order chi connectivity index (χ0) is 14.5. The van der Waals surface area contributed by atoms with E-state index in [0.717, 1.165) is 11.8 Å². The van der Waals surface area contributed by atoms with Gasteiger partial charge in [-0.25, -0.2) is 4.79 Å². The minimum Gasteiger partial charge on any atom is -0.349 e. The molecule has 2 aromatic heterocycles. The van der Waals surface area contributed by atoms with Crippen LogP contribution in [0.5, 0.6) is 0 Å². The van der Waals surface area contributed by atoms with Crippen LogP contribution in [0.1, 0.15) is 22.8 Å². The van der Waals surface area contributed by atoms with Gasteiger partial charge < -0.3 is 10.3 Å². The van der Waals surface area contributed by atoms with Gasteiger partial charge in [-0.1, -0.05) is 0 Å². The van der Waals surface area contributed by atoms with Gasteiger partial charge in [-0.2, -0.15) is 0 Å². The topological polar surface area (TPSA) is 108 Å². The summed E-state index contributed by atoms with van der Waals surface area (Å²) in [5, 5.41) is 2.70. The van der Waals surface area contributed by atoms with Crippen LogP contribution in [0.4, 0.5) is 0 Å². The highest BCUT2D eigenvalue weighted by Crippen LogP contribution is 2.01. The summed E-state index contributed by atoms with van der Waals surface area (Å²) in [5.41, 5.74) is -0.437. The Hall–Kier alpha value is -2.70. The van der Waals surface area contributed by atoms with Crippen LogP contribution in [0.25, 0.3) is 0 Å². The van der Waals surface area contributed by atoms with E-state index in [2.05, 4.69) is 15.3 Å². The molecule has 104 valence electrons. The van der Waals surface area contributed by atoms with Crippen molar-refractivity contribution >= 4 is 5.91 Å². The van der Waals surface area contributed by atoms with Gasteiger partial charge in [0.1, 0.15) is 5.56 Å². The first kappa shape index (κ1) is 13.7. The number of hydrogen-bond donors (Lipinski definition) is 3. The molecule has 0 aliphatic rings. The molecule has 2 heterocycles. The van der Waals surface area contributed by atoms with E-state index in [-0.39, 0.29) is 11.6 Å². The summed E-state index contributed by atoms with van der Waals surface area (Å²) in [6.07, 6.45) is 5.08. The maximum absolute atomic E-state index is 11.9. The Labute approximate surface area is 114 Å². The fraction of sp³-hybridized carbons (Fsp3) is 0.231. The number of nitrogens with zero attached hydrogens (tertiary/aromatic N) is 1. The fourth-order valence-electron chi connectivity index (χ4n) is 1.80. The van der Waals surface area contributed by atoms with Crippen LogP contribution in [-0.4, -0.2) is 26.9 Å². The molecule has 1 amide bonds. The van der Waals surface area contributed by atoms with Crippen LogP contribution in [-0.2, 0) is 6.42 Å². The molecule has 0 radical (unpaired) electrons. The Morgan fingerprint density at radius 1 is 1.35 bits per heavy atom. The second kappa shape index (κ2) is 5.96. The lowest BCUT2D eigenvalue weighted by molar-refractivity contribution is 0.0938. The predicted molar refractivity (Wildman–Crippen MR) is 72.6 cm³/mol. The third kappa shape index (κ3) is 3.41. The largest absolute Gasteiger partial charge is 0.349 e. The summed E-state index contributed by atoms with van der Waals surface area (Å²) in [5.74, 6) is -0.524. The van der Waals surface area contributed by atoms with Gasteiger partial charge >= 0.3 is 5.69 Å². The molecule has 0 spiro atoms. The number of carbonyl (C=O) groups excluding carboxylic acids is 1. The molecule has 0 fully saturated rings. The smallest absolute Gasteiger partial charge is 0.325 e. The number of aromatic amines is 2. The number of rotatable bonds is 4. The van der Waals surface area contributed by atoms with E-state index in [1.54, 1.807) is 12.4 Å². The molecule has 0 bridgehead atoms. The molecule has 3 N–H and O–H groups in total. The summed E-state index contributed by atoms with van der Waals surface area (Å²) < 4.78 is 0.